The van der Waals surface area contributed by atoms with E-state index in [2.05, 4.69) is 5.32 Å². The second kappa shape index (κ2) is 8.36. The fourth-order valence-corrected chi connectivity index (χ4v) is 2.70. The summed E-state index contributed by atoms with van der Waals surface area (Å²) in [4.78, 5) is 14.1. The van der Waals surface area contributed by atoms with Crippen LogP contribution in [0.3, 0.4) is 0 Å². The molecule has 122 valence electrons. The van der Waals surface area contributed by atoms with Gasteiger partial charge in [-0.3, -0.25) is 0 Å². The Balaban J connectivity index is 1.80. The van der Waals surface area contributed by atoms with Crippen molar-refractivity contribution in [2.45, 2.75) is 31.9 Å². The molecule has 22 heavy (non-hydrogen) atoms. The molecule has 6 heteroatoms. The third-order valence-electron chi connectivity index (χ3n) is 3.70. The number of amides is 2. The fraction of sp³-hybridized carbons (Fsp3) is 0.562. The monoisotopic (exact) mass is 326 g/mol. The Kier molecular flexibility index (Phi) is 6.49. The van der Waals surface area contributed by atoms with E-state index in [-0.39, 0.29) is 12.1 Å². The number of carbonyl (C=O) groups is 1. The van der Waals surface area contributed by atoms with E-state index in [1.54, 1.807) is 11.8 Å². The lowest BCUT2D eigenvalue weighted by atomic mass is 10.1. The zero-order valence-electron chi connectivity index (χ0n) is 12.8. The number of aliphatic hydroxyl groups excluding tert-OH is 1. The van der Waals surface area contributed by atoms with Crippen molar-refractivity contribution in [3.63, 3.8) is 0 Å². The molecule has 1 heterocycles. The zero-order chi connectivity index (χ0) is 15.9. The minimum absolute atomic E-state index is 0.0655. The summed E-state index contributed by atoms with van der Waals surface area (Å²) in [6, 6.07) is 7.45. The van der Waals surface area contributed by atoms with Gasteiger partial charge in [-0.2, -0.15) is 0 Å². The normalized spacial score (nSPS) is 19.8. The smallest absolute Gasteiger partial charge is 0.317 e. The number of urea groups is 1. The maximum Gasteiger partial charge on any atom is 0.317 e. The number of ether oxygens (including phenoxy) is 1. The molecule has 5 nitrogen and oxygen atoms in total. The van der Waals surface area contributed by atoms with Gasteiger partial charge in [0.25, 0.3) is 0 Å². The highest BCUT2D eigenvalue weighted by Gasteiger charge is 2.27. The first kappa shape index (κ1) is 17.1. The lowest BCUT2D eigenvalue weighted by molar-refractivity contribution is -0.00425. The average Bonchev–Trinajstić information content (AvgIpc) is 2.49. The largest absolute Gasteiger partial charge is 0.393 e. The number of halogens is 1. The molecular formula is C16H23ClN2O3. The molecule has 2 amide bonds. The number of nitrogens with zero attached hydrogens (tertiary/aromatic N) is 1. The molecule has 1 aliphatic rings. The average molecular weight is 327 g/mol. The van der Waals surface area contributed by atoms with Gasteiger partial charge in [0, 0.05) is 18.1 Å². The van der Waals surface area contributed by atoms with E-state index in [1.165, 1.54) is 0 Å². The summed E-state index contributed by atoms with van der Waals surface area (Å²) in [5.74, 6) is 0. The molecule has 0 radical (unpaired) electrons. The molecule has 1 aromatic rings. The van der Waals surface area contributed by atoms with Crippen LogP contribution >= 0.6 is 11.6 Å². The van der Waals surface area contributed by atoms with Gasteiger partial charge in [0.1, 0.15) is 0 Å². The number of benzene rings is 1. The number of nitrogens with one attached hydrogen (secondary N) is 1. The van der Waals surface area contributed by atoms with Gasteiger partial charge in [0.15, 0.2) is 0 Å². The molecule has 0 spiro atoms. The molecule has 1 aromatic carbocycles. The summed E-state index contributed by atoms with van der Waals surface area (Å²) in [7, 11) is 0. The maximum absolute atomic E-state index is 12.3. The molecular weight excluding hydrogens is 304 g/mol. The molecule has 1 fully saturated rings. The molecule has 0 bridgehead atoms. The Labute approximate surface area is 136 Å². The minimum atomic E-state index is -0.448. The van der Waals surface area contributed by atoms with Crippen LogP contribution in [0.1, 0.15) is 18.9 Å². The van der Waals surface area contributed by atoms with Gasteiger partial charge in [-0.15, -0.1) is 0 Å². The predicted octanol–water partition coefficient (Wildman–Crippen LogP) is 2.06. The molecule has 1 aliphatic heterocycles. The van der Waals surface area contributed by atoms with E-state index in [4.69, 9.17) is 16.3 Å². The van der Waals surface area contributed by atoms with Crippen LogP contribution in [0.25, 0.3) is 0 Å². The molecule has 2 rings (SSSR count). The van der Waals surface area contributed by atoms with Gasteiger partial charge in [-0.1, -0.05) is 23.7 Å². The Hall–Kier alpha value is -1.30. The highest BCUT2D eigenvalue weighted by atomic mass is 35.5. The van der Waals surface area contributed by atoms with Crippen molar-refractivity contribution in [1.82, 2.24) is 10.2 Å². The van der Waals surface area contributed by atoms with Crippen molar-refractivity contribution in [1.29, 1.82) is 0 Å². The van der Waals surface area contributed by atoms with Crippen molar-refractivity contribution in [3.8, 4) is 0 Å². The summed E-state index contributed by atoms with van der Waals surface area (Å²) >= 11 is 5.85. The molecule has 0 unspecified atom stereocenters. The number of carbonyl (C=O) groups excluding carboxylic acids is 1. The minimum Gasteiger partial charge on any atom is -0.393 e. The lowest BCUT2D eigenvalue weighted by Gasteiger charge is -2.36. The Morgan fingerprint density at radius 3 is 2.91 bits per heavy atom. The quantitative estimate of drug-likeness (QED) is 0.870. The Morgan fingerprint density at radius 2 is 2.23 bits per heavy atom. The number of morpholine rings is 1. The topological polar surface area (TPSA) is 61.8 Å². The van der Waals surface area contributed by atoms with E-state index in [0.717, 1.165) is 12.0 Å². The van der Waals surface area contributed by atoms with Crippen LogP contribution < -0.4 is 5.32 Å². The summed E-state index contributed by atoms with van der Waals surface area (Å²) in [6.07, 6.45) is 0.843. The molecule has 1 saturated heterocycles. The van der Waals surface area contributed by atoms with E-state index in [1.807, 2.05) is 24.3 Å². The third kappa shape index (κ3) is 5.16. The first-order chi connectivity index (χ1) is 10.6. The van der Waals surface area contributed by atoms with E-state index < -0.39 is 6.10 Å². The number of hydrogen-bond acceptors (Lipinski definition) is 3. The standard InChI is InChI=1S/C16H23ClN2O3/c1-12(20)10-15-11-22-9-8-19(15)16(21)18-7-6-13-2-4-14(17)5-3-13/h2-5,12,15,20H,6-11H2,1H3,(H,18,21)/t12-,15-/m0/s1. The summed E-state index contributed by atoms with van der Waals surface area (Å²) in [5.41, 5.74) is 1.13. The Bertz CT molecular complexity index is 479. The molecule has 2 N–H and O–H groups in total. The van der Waals surface area contributed by atoms with Crippen molar-refractivity contribution < 1.29 is 14.6 Å². The van der Waals surface area contributed by atoms with Crippen LogP contribution in [0.4, 0.5) is 4.79 Å². The first-order valence-electron chi connectivity index (χ1n) is 7.61. The van der Waals surface area contributed by atoms with Gasteiger partial charge < -0.3 is 20.1 Å². The van der Waals surface area contributed by atoms with E-state index >= 15 is 0 Å². The third-order valence-corrected chi connectivity index (χ3v) is 3.96. The van der Waals surface area contributed by atoms with Crippen LogP contribution in [-0.2, 0) is 11.2 Å². The summed E-state index contributed by atoms with van der Waals surface area (Å²) in [6.45, 7) is 3.88. The van der Waals surface area contributed by atoms with Crippen molar-refractivity contribution in [2.24, 2.45) is 0 Å². The van der Waals surface area contributed by atoms with Crippen LogP contribution in [0.15, 0.2) is 24.3 Å². The SMILES string of the molecule is C[C@H](O)C[C@H]1COCCN1C(=O)NCCc1ccc(Cl)cc1. The van der Waals surface area contributed by atoms with Gasteiger partial charge in [-0.25, -0.2) is 4.79 Å². The maximum atomic E-state index is 12.3. The number of hydrogen-bond donors (Lipinski definition) is 2. The molecule has 2 atom stereocenters. The highest BCUT2D eigenvalue weighted by molar-refractivity contribution is 6.30. The summed E-state index contributed by atoms with van der Waals surface area (Å²) in [5, 5.41) is 13.2. The molecule has 0 saturated carbocycles. The van der Waals surface area contributed by atoms with Crippen molar-refractivity contribution in [2.75, 3.05) is 26.3 Å². The molecule has 0 aromatic heterocycles. The first-order valence-corrected chi connectivity index (χ1v) is 7.99. The van der Waals surface area contributed by atoms with E-state index in [9.17, 15) is 9.90 Å². The van der Waals surface area contributed by atoms with Gasteiger partial charge in [0.05, 0.1) is 25.4 Å². The highest BCUT2D eigenvalue weighted by Crippen LogP contribution is 2.13. The Morgan fingerprint density at radius 1 is 1.50 bits per heavy atom. The van der Waals surface area contributed by atoms with Crippen LogP contribution in [0, 0.1) is 0 Å². The van der Waals surface area contributed by atoms with Crippen molar-refractivity contribution >= 4 is 17.6 Å². The lowest BCUT2D eigenvalue weighted by Crippen LogP contribution is -2.53. The van der Waals surface area contributed by atoms with E-state index in [0.29, 0.717) is 37.7 Å². The van der Waals surface area contributed by atoms with Gasteiger partial charge in [0.2, 0.25) is 0 Å². The van der Waals surface area contributed by atoms with Crippen LogP contribution in [0.2, 0.25) is 5.02 Å². The fourth-order valence-electron chi connectivity index (χ4n) is 2.58. The van der Waals surface area contributed by atoms with Crippen molar-refractivity contribution in [3.05, 3.63) is 34.9 Å². The predicted molar refractivity (Wildman–Crippen MR) is 86.2 cm³/mol. The second-order valence-electron chi connectivity index (χ2n) is 5.62. The zero-order valence-corrected chi connectivity index (χ0v) is 13.6. The van der Waals surface area contributed by atoms with Gasteiger partial charge >= 0.3 is 6.03 Å². The molecule has 0 aliphatic carbocycles. The number of aliphatic hydroxyl groups is 1. The van der Waals surface area contributed by atoms with Crippen LogP contribution in [-0.4, -0.2) is 54.5 Å². The number of rotatable bonds is 5. The van der Waals surface area contributed by atoms with Gasteiger partial charge in [-0.05, 0) is 37.5 Å². The summed E-state index contributed by atoms with van der Waals surface area (Å²) < 4.78 is 5.40. The van der Waals surface area contributed by atoms with Crippen LogP contribution in [0.5, 0.6) is 0 Å². The second-order valence-corrected chi connectivity index (χ2v) is 6.05.